The van der Waals surface area contributed by atoms with Crippen LogP contribution in [0.3, 0.4) is 0 Å². The lowest BCUT2D eigenvalue weighted by molar-refractivity contribution is 0.0944. The lowest BCUT2D eigenvalue weighted by atomic mass is 10.1. The zero-order valence-electron chi connectivity index (χ0n) is 13.6. The fourth-order valence-corrected chi connectivity index (χ4v) is 2.54. The molecule has 0 bridgehead atoms. The second kappa shape index (κ2) is 7.00. The van der Waals surface area contributed by atoms with Crippen molar-refractivity contribution in [2.75, 3.05) is 14.2 Å². The van der Waals surface area contributed by atoms with Gasteiger partial charge in [0.15, 0.2) is 0 Å². The molecule has 2 aromatic carbocycles. The van der Waals surface area contributed by atoms with E-state index in [1.165, 1.54) is 14.2 Å². The molecule has 1 aromatic heterocycles. The lowest BCUT2D eigenvalue weighted by Crippen LogP contribution is -2.24. The van der Waals surface area contributed by atoms with E-state index < -0.39 is 0 Å². The van der Waals surface area contributed by atoms with Crippen molar-refractivity contribution in [1.82, 2.24) is 10.3 Å². The molecular weight excluding hydrogens is 304 g/mol. The van der Waals surface area contributed by atoms with E-state index in [1.54, 1.807) is 18.2 Å². The van der Waals surface area contributed by atoms with E-state index >= 15 is 0 Å². The van der Waals surface area contributed by atoms with Crippen LogP contribution < -0.4 is 14.8 Å². The van der Waals surface area contributed by atoms with Crippen molar-refractivity contribution in [2.24, 2.45) is 0 Å². The van der Waals surface area contributed by atoms with Crippen LogP contribution in [0.1, 0.15) is 16.1 Å². The molecule has 0 aliphatic carbocycles. The highest BCUT2D eigenvalue weighted by Gasteiger charge is 2.17. The zero-order chi connectivity index (χ0) is 16.9. The van der Waals surface area contributed by atoms with Crippen molar-refractivity contribution in [1.29, 1.82) is 0 Å². The maximum Gasteiger partial charge on any atom is 0.259 e. The molecule has 1 N–H and O–H groups in total. The Bertz CT molecular complexity index is 855. The quantitative estimate of drug-likeness (QED) is 0.784. The molecule has 0 aliphatic heterocycles. The summed E-state index contributed by atoms with van der Waals surface area (Å²) in [5.41, 5.74) is 2.07. The number of nitrogens with one attached hydrogen (secondary N) is 1. The molecule has 1 amide bonds. The first-order valence-corrected chi connectivity index (χ1v) is 7.57. The van der Waals surface area contributed by atoms with E-state index in [-0.39, 0.29) is 5.91 Å². The average Bonchev–Trinajstić information content (AvgIpc) is 2.65. The average molecular weight is 322 g/mol. The molecule has 24 heavy (non-hydrogen) atoms. The second-order valence-corrected chi connectivity index (χ2v) is 5.22. The number of nitrogens with zero attached hydrogens (tertiary/aromatic N) is 1. The largest absolute Gasteiger partial charge is 0.496 e. The molecule has 5 heteroatoms. The van der Waals surface area contributed by atoms with Crippen molar-refractivity contribution in [3.05, 3.63) is 65.9 Å². The molecule has 0 aliphatic rings. The highest BCUT2D eigenvalue weighted by Crippen LogP contribution is 2.28. The number of benzene rings is 2. The number of aromatic nitrogens is 1. The van der Waals surface area contributed by atoms with Gasteiger partial charge in [0.25, 0.3) is 5.91 Å². The lowest BCUT2D eigenvalue weighted by Gasteiger charge is -2.13. The van der Waals surface area contributed by atoms with E-state index in [1.807, 2.05) is 36.4 Å². The summed E-state index contributed by atoms with van der Waals surface area (Å²) in [6, 6.07) is 17.0. The van der Waals surface area contributed by atoms with Crippen LogP contribution >= 0.6 is 0 Å². The predicted molar refractivity (Wildman–Crippen MR) is 92.5 cm³/mol. The van der Waals surface area contributed by atoms with Gasteiger partial charge in [-0.25, -0.2) is 0 Å². The van der Waals surface area contributed by atoms with Crippen LogP contribution in [0.4, 0.5) is 0 Å². The van der Waals surface area contributed by atoms with E-state index in [4.69, 9.17) is 9.47 Å². The summed E-state index contributed by atoms with van der Waals surface area (Å²) < 4.78 is 10.5. The Morgan fingerprint density at radius 3 is 2.38 bits per heavy atom. The third kappa shape index (κ3) is 3.15. The van der Waals surface area contributed by atoms with Crippen molar-refractivity contribution < 1.29 is 14.3 Å². The topological polar surface area (TPSA) is 60.5 Å². The van der Waals surface area contributed by atoms with Crippen LogP contribution in [0.5, 0.6) is 11.5 Å². The van der Waals surface area contributed by atoms with Gasteiger partial charge in [-0.05, 0) is 24.3 Å². The molecule has 3 rings (SSSR count). The third-order valence-corrected chi connectivity index (χ3v) is 3.74. The molecule has 0 saturated carbocycles. The molecule has 0 atom stereocenters. The number of para-hydroxylation sites is 1. The van der Waals surface area contributed by atoms with E-state index in [2.05, 4.69) is 10.3 Å². The number of carbonyl (C=O) groups excluding carboxylic acids is 1. The number of methoxy groups -OCH3 is 2. The van der Waals surface area contributed by atoms with Crippen LogP contribution in [-0.2, 0) is 6.54 Å². The summed E-state index contributed by atoms with van der Waals surface area (Å²) >= 11 is 0. The van der Waals surface area contributed by atoms with Gasteiger partial charge in [-0.15, -0.1) is 0 Å². The standard InChI is InChI=1S/C19H18N2O3/c1-23-16-8-5-9-17(24-2)18(16)19(22)20-12-14-11-10-13-6-3-4-7-15(13)21-14/h3-11H,12H2,1-2H3,(H,20,22). The Balaban J connectivity index is 1.80. The SMILES string of the molecule is COc1cccc(OC)c1C(=O)NCc1ccc2ccccc2n1. The Hall–Kier alpha value is -3.08. The number of ether oxygens (including phenoxy) is 2. The number of fused-ring (bicyclic) bond motifs is 1. The normalized spacial score (nSPS) is 10.4. The third-order valence-electron chi connectivity index (χ3n) is 3.74. The number of rotatable bonds is 5. The minimum atomic E-state index is -0.265. The van der Waals surface area contributed by atoms with E-state index in [0.717, 1.165) is 16.6 Å². The van der Waals surface area contributed by atoms with Crippen molar-refractivity contribution >= 4 is 16.8 Å². The smallest absolute Gasteiger partial charge is 0.259 e. The van der Waals surface area contributed by atoms with Gasteiger partial charge in [-0.2, -0.15) is 0 Å². The molecule has 122 valence electrons. The maximum atomic E-state index is 12.5. The van der Waals surface area contributed by atoms with Crippen molar-refractivity contribution in [3.63, 3.8) is 0 Å². The highest BCUT2D eigenvalue weighted by atomic mass is 16.5. The number of carbonyl (C=O) groups is 1. The van der Waals surface area contributed by atoms with E-state index in [9.17, 15) is 4.79 Å². The molecule has 0 fully saturated rings. The molecule has 0 spiro atoms. The summed E-state index contributed by atoms with van der Waals surface area (Å²) in [6.45, 7) is 0.324. The Kier molecular flexibility index (Phi) is 4.61. The van der Waals surface area contributed by atoms with Crippen molar-refractivity contribution in [2.45, 2.75) is 6.54 Å². The molecule has 0 unspecified atom stereocenters. The zero-order valence-corrected chi connectivity index (χ0v) is 13.6. The fourth-order valence-electron chi connectivity index (χ4n) is 2.54. The summed E-state index contributed by atoms with van der Waals surface area (Å²) in [5, 5.41) is 3.94. The van der Waals surface area contributed by atoms with Crippen LogP contribution in [0, 0.1) is 0 Å². The minimum absolute atomic E-state index is 0.265. The minimum Gasteiger partial charge on any atom is -0.496 e. The fraction of sp³-hybridized carbons (Fsp3) is 0.158. The number of hydrogen-bond donors (Lipinski definition) is 1. The first-order chi connectivity index (χ1) is 11.7. The number of hydrogen-bond acceptors (Lipinski definition) is 4. The number of pyridine rings is 1. The Morgan fingerprint density at radius 2 is 1.67 bits per heavy atom. The Morgan fingerprint density at radius 1 is 0.958 bits per heavy atom. The van der Waals surface area contributed by atoms with Crippen molar-refractivity contribution in [3.8, 4) is 11.5 Å². The molecule has 0 saturated heterocycles. The monoisotopic (exact) mass is 322 g/mol. The molecule has 5 nitrogen and oxygen atoms in total. The second-order valence-electron chi connectivity index (χ2n) is 5.22. The van der Waals surface area contributed by atoms with Gasteiger partial charge in [0.05, 0.1) is 32.0 Å². The predicted octanol–water partition coefficient (Wildman–Crippen LogP) is 3.18. The van der Waals surface area contributed by atoms with Gasteiger partial charge >= 0.3 is 0 Å². The van der Waals surface area contributed by atoms with Gasteiger partial charge in [0.1, 0.15) is 17.1 Å². The summed E-state index contributed by atoms with van der Waals surface area (Å²) in [4.78, 5) is 17.1. The van der Waals surface area contributed by atoms with Gasteiger partial charge in [0.2, 0.25) is 0 Å². The van der Waals surface area contributed by atoms with Crippen LogP contribution in [0.25, 0.3) is 10.9 Å². The number of amides is 1. The molecular formula is C19H18N2O3. The van der Waals surface area contributed by atoms with Crippen LogP contribution in [0.15, 0.2) is 54.6 Å². The Labute approximate surface area is 140 Å². The first kappa shape index (κ1) is 15.8. The van der Waals surface area contributed by atoms with Gasteiger partial charge in [0, 0.05) is 5.39 Å². The van der Waals surface area contributed by atoms with E-state index in [0.29, 0.717) is 23.6 Å². The highest BCUT2D eigenvalue weighted by molar-refractivity contribution is 5.99. The maximum absolute atomic E-state index is 12.5. The molecule has 1 heterocycles. The van der Waals surface area contributed by atoms with Crippen LogP contribution in [-0.4, -0.2) is 25.1 Å². The van der Waals surface area contributed by atoms with Gasteiger partial charge < -0.3 is 14.8 Å². The van der Waals surface area contributed by atoms with Gasteiger partial charge in [-0.1, -0.05) is 30.3 Å². The van der Waals surface area contributed by atoms with Crippen LogP contribution in [0.2, 0.25) is 0 Å². The molecule has 3 aromatic rings. The summed E-state index contributed by atoms with van der Waals surface area (Å²) in [5.74, 6) is 0.677. The van der Waals surface area contributed by atoms with Gasteiger partial charge in [-0.3, -0.25) is 9.78 Å². The molecule has 0 radical (unpaired) electrons. The summed E-state index contributed by atoms with van der Waals surface area (Å²) in [7, 11) is 3.05. The first-order valence-electron chi connectivity index (χ1n) is 7.57. The summed E-state index contributed by atoms with van der Waals surface area (Å²) in [6.07, 6.45) is 0.